The van der Waals surface area contributed by atoms with Crippen molar-refractivity contribution in [1.82, 2.24) is 0 Å². The SMILES string of the molecule is CCOCC(O)C1CCOC1O. The van der Waals surface area contributed by atoms with Crippen LogP contribution in [0, 0.1) is 5.92 Å². The highest BCUT2D eigenvalue weighted by Crippen LogP contribution is 2.22. The zero-order valence-electron chi connectivity index (χ0n) is 7.27. The molecule has 3 atom stereocenters. The van der Waals surface area contributed by atoms with Crippen molar-refractivity contribution in [3.8, 4) is 0 Å². The Morgan fingerprint density at radius 1 is 1.67 bits per heavy atom. The highest BCUT2D eigenvalue weighted by Gasteiger charge is 2.32. The molecule has 0 aromatic rings. The molecule has 1 saturated heterocycles. The van der Waals surface area contributed by atoms with Crippen LogP contribution in [0.25, 0.3) is 0 Å². The first-order chi connectivity index (χ1) is 5.75. The summed E-state index contributed by atoms with van der Waals surface area (Å²) >= 11 is 0. The van der Waals surface area contributed by atoms with Crippen LogP contribution in [0.15, 0.2) is 0 Å². The van der Waals surface area contributed by atoms with Crippen molar-refractivity contribution in [2.75, 3.05) is 19.8 Å². The van der Waals surface area contributed by atoms with Gasteiger partial charge in [0.15, 0.2) is 6.29 Å². The average Bonchev–Trinajstić information content (AvgIpc) is 2.47. The first-order valence-corrected chi connectivity index (χ1v) is 4.31. The molecule has 4 heteroatoms. The monoisotopic (exact) mass is 176 g/mol. The maximum atomic E-state index is 9.49. The van der Waals surface area contributed by atoms with Crippen LogP contribution in [0.4, 0.5) is 0 Å². The molecule has 3 unspecified atom stereocenters. The van der Waals surface area contributed by atoms with E-state index in [1.54, 1.807) is 0 Å². The van der Waals surface area contributed by atoms with Gasteiger partial charge in [-0.2, -0.15) is 0 Å². The van der Waals surface area contributed by atoms with E-state index < -0.39 is 12.4 Å². The van der Waals surface area contributed by atoms with Crippen LogP contribution in [-0.2, 0) is 9.47 Å². The van der Waals surface area contributed by atoms with Crippen LogP contribution in [-0.4, -0.2) is 42.4 Å². The van der Waals surface area contributed by atoms with Crippen molar-refractivity contribution < 1.29 is 19.7 Å². The predicted molar refractivity (Wildman–Crippen MR) is 42.6 cm³/mol. The minimum Gasteiger partial charge on any atom is -0.390 e. The molecule has 0 aromatic carbocycles. The summed E-state index contributed by atoms with van der Waals surface area (Å²) in [5.74, 6) is -0.184. The van der Waals surface area contributed by atoms with Gasteiger partial charge in [0.05, 0.1) is 19.3 Å². The zero-order valence-corrected chi connectivity index (χ0v) is 7.27. The maximum Gasteiger partial charge on any atom is 0.159 e. The number of aliphatic hydroxyl groups excluding tert-OH is 2. The second kappa shape index (κ2) is 4.77. The van der Waals surface area contributed by atoms with E-state index in [-0.39, 0.29) is 12.5 Å². The Kier molecular flexibility index (Phi) is 3.94. The van der Waals surface area contributed by atoms with Crippen molar-refractivity contribution in [3.63, 3.8) is 0 Å². The minimum atomic E-state index is -0.819. The summed E-state index contributed by atoms with van der Waals surface area (Å²) in [6.45, 7) is 3.26. The zero-order chi connectivity index (χ0) is 8.97. The molecule has 0 radical (unpaired) electrons. The number of aliphatic hydroxyl groups is 2. The van der Waals surface area contributed by atoms with Crippen LogP contribution >= 0.6 is 0 Å². The van der Waals surface area contributed by atoms with Gasteiger partial charge in [0.25, 0.3) is 0 Å². The number of hydrogen-bond acceptors (Lipinski definition) is 4. The Labute approximate surface area is 72.1 Å². The lowest BCUT2D eigenvalue weighted by atomic mass is 10.0. The standard InChI is InChI=1S/C8H16O4/c1-2-11-5-7(9)6-3-4-12-8(6)10/h6-10H,2-5H2,1H3. The molecule has 1 aliphatic heterocycles. The Bertz CT molecular complexity index is 128. The fourth-order valence-electron chi connectivity index (χ4n) is 1.34. The Hall–Kier alpha value is -0.160. The average molecular weight is 176 g/mol. The second-order valence-corrected chi connectivity index (χ2v) is 2.94. The Morgan fingerprint density at radius 2 is 2.42 bits per heavy atom. The van der Waals surface area contributed by atoms with Gasteiger partial charge in [0.1, 0.15) is 0 Å². The quantitative estimate of drug-likeness (QED) is 0.619. The van der Waals surface area contributed by atoms with E-state index in [2.05, 4.69) is 0 Å². The molecule has 0 bridgehead atoms. The van der Waals surface area contributed by atoms with Crippen LogP contribution in [0.1, 0.15) is 13.3 Å². The summed E-state index contributed by atoms with van der Waals surface area (Å²) in [5.41, 5.74) is 0. The molecule has 1 aliphatic rings. The van der Waals surface area contributed by atoms with Crippen molar-refractivity contribution in [2.45, 2.75) is 25.7 Å². The van der Waals surface area contributed by atoms with E-state index in [1.165, 1.54) is 0 Å². The summed E-state index contributed by atoms with van der Waals surface area (Å²) in [4.78, 5) is 0. The third kappa shape index (κ3) is 2.42. The molecular weight excluding hydrogens is 160 g/mol. The molecular formula is C8H16O4. The Morgan fingerprint density at radius 3 is 2.92 bits per heavy atom. The first-order valence-electron chi connectivity index (χ1n) is 4.31. The summed E-state index contributed by atoms with van der Waals surface area (Å²) in [6, 6.07) is 0. The molecule has 4 nitrogen and oxygen atoms in total. The number of ether oxygens (including phenoxy) is 2. The molecule has 0 spiro atoms. The lowest BCUT2D eigenvalue weighted by molar-refractivity contribution is -0.116. The number of hydrogen-bond donors (Lipinski definition) is 2. The first kappa shape index (κ1) is 9.92. The van der Waals surface area contributed by atoms with Crippen molar-refractivity contribution in [3.05, 3.63) is 0 Å². The van der Waals surface area contributed by atoms with Crippen molar-refractivity contribution >= 4 is 0 Å². The maximum absolute atomic E-state index is 9.49. The fraction of sp³-hybridized carbons (Fsp3) is 1.00. The van der Waals surface area contributed by atoms with Crippen LogP contribution < -0.4 is 0 Å². The third-order valence-corrected chi connectivity index (χ3v) is 2.09. The smallest absolute Gasteiger partial charge is 0.159 e. The summed E-state index contributed by atoms with van der Waals surface area (Å²) in [5, 5.41) is 18.7. The van der Waals surface area contributed by atoms with Gasteiger partial charge in [0.2, 0.25) is 0 Å². The molecule has 1 heterocycles. The minimum absolute atomic E-state index is 0.184. The van der Waals surface area contributed by atoms with Crippen LogP contribution in [0.3, 0.4) is 0 Å². The lowest BCUT2D eigenvalue weighted by Crippen LogP contribution is -2.31. The number of rotatable bonds is 4. The fourth-order valence-corrected chi connectivity index (χ4v) is 1.34. The molecule has 72 valence electrons. The van der Waals surface area contributed by atoms with Gasteiger partial charge in [-0.3, -0.25) is 0 Å². The second-order valence-electron chi connectivity index (χ2n) is 2.94. The Balaban J connectivity index is 2.25. The van der Waals surface area contributed by atoms with Crippen LogP contribution in [0.2, 0.25) is 0 Å². The molecule has 2 N–H and O–H groups in total. The molecule has 0 aliphatic carbocycles. The summed E-state index contributed by atoms with van der Waals surface area (Å²) in [7, 11) is 0. The molecule has 12 heavy (non-hydrogen) atoms. The van der Waals surface area contributed by atoms with Gasteiger partial charge in [-0.1, -0.05) is 0 Å². The molecule has 0 amide bonds. The summed E-state index contributed by atoms with van der Waals surface area (Å²) < 4.78 is 9.95. The highest BCUT2D eigenvalue weighted by atomic mass is 16.6. The topological polar surface area (TPSA) is 58.9 Å². The molecule has 1 fully saturated rings. The highest BCUT2D eigenvalue weighted by molar-refractivity contribution is 4.75. The van der Waals surface area contributed by atoms with E-state index in [0.29, 0.717) is 19.6 Å². The van der Waals surface area contributed by atoms with Crippen LogP contribution in [0.5, 0.6) is 0 Å². The normalized spacial score (nSPS) is 32.2. The van der Waals surface area contributed by atoms with Gasteiger partial charge < -0.3 is 19.7 Å². The third-order valence-electron chi connectivity index (χ3n) is 2.09. The molecule has 0 saturated carbocycles. The predicted octanol–water partition coefficient (Wildman–Crippen LogP) is -0.261. The van der Waals surface area contributed by atoms with Crippen molar-refractivity contribution in [2.24, 2.45) is 5.92 Å². The van der Waals surface area contributed by atoms with E-state index >= 15 is 0 Å². The van der Waals surface area contributed by atoms with Gasteiger partial charge >= 0.3 is 0 Å². The largest absolute Gasteiger partial charge is 0.390 e. The van der Waals surface area contributed by atoms with E-state index in [9.17, 15) is 10.2 Å². The van der Waals surface area contributed by atoms with E-state index in [0.717, 1.165) is 0 Å². The van der Waals surface area contributed by atoms with E-state index in [1.807, 2.05) is 6.92 Å². The van der Waals surface area contributed by atoms with E-state index in [4.69, 9.17) is 9.47 Å². The molecule has 0 aromatic heterocycles. The van der Waals surface area contributed by atoms with Gasteiger partial charge in [-0.25, -0.2) is 0 Å². The summed E-state index contributed by atoms with van der Waals surface area (Å²) in [6.07, 6.45) is -0.724. The van der Waals surface area contributed by atoms with Crippen molar-refractivity contribution in [1.29, 1.82) is 0 Å². The van der Waals surface area contributed by atoms with Gasteiger partial charge in [0, 0.05) is 12.5 Å². The van der Waals surface area contributed by atoms with Gasteiger partial charge in [-0.15, -0.1) is 0 Å². The lowest BCUT2D eigenvalue weighted by Gasteiger charge is -2.19. The molecule has 1 rings (SSSR count). The van der Waals surface area contributed by atoms with Gasteiger partial charge in [-0.05, 0) is 13.3 Å².